The molecule has 1 aliphatic rings. The van der Waals surface area contributed by atoms with Crippen molar-refractivity contribution in [3.05, 3.63) is 35.4 Å². The van der Waals surface area contributed by atoms with Gasteiger partial charge in [0.05, 0.1) is 5.56 Å². The van der Waals surface area contributed by atoms with E-state index in [1.165, 1.54) is 30.7 Å². The fraction of sp³-hybridized carbons (Fsp3) is 0.556. The van der Waals surface area contributed by atoms with Crippen molar-refractivity contribution in [2.75, 3.05) is 32.4 Å². The molecule has 10 heteroatoms. The van der Waals surface area contributed by atoms with Gasteiger partial charge in [0.25, 0.3) is 5.91 Å². The van der Waals surface area contributed by atoms with Crippen molar-refractivity contribution in [2.45, 2.75) is 30.7 Å². The molecule has 1 fully saturated rings. The summed E-state index contributed by atoms with van der Waals surface area (Å²) in [6.45, 7) is 3.83. The fourth-order valence-corrected chi connectivity index (χ4v) is 3.98. The van der Waals surface area contributed by atoms with Crippen molar-refractivity contribution in [1.29, 1.82) is 0 Å². The average molecular weight is 530 g/mol. The van der Waals surface area contributed by atoms with Crippen molar-refractivity contribution < 1.29 is 18.0 Å². The first kappa shape index (κ1) is 24.9. The van der Waals surface area contributed by atoms with Gasteiger partial charge in [0.1, 0.15) is 0 Å². The Bertz CT molecular complexity index is 662. The number of carbonyl (C=O) groups is 1. The zero-order valence-corrected chi connectivity index (χ0v) is 19.0. The van der Waals surface area contributed by atoms with E-state index in [0.717, 1.165) is 18.7 Å². The zero-order chi connectivity index (χ0) is 19.9. The van der Waals surface area contributed by atoms with Crippen LogP contribution in [0.4, 0.5) is 13.2 Å². The maximum atomic E-state index is 12.5. The number of nitrogens with zero attached hydrogens (tertiary/aromatic N) is 1. The first-order valence-corrected chi connectivity index (χ1v) is 9.76. The van der Waals surface area contributed by atoms with E-state index in [4.69, 9.17) is 0 Å². The Morgan fingerprint density at radius 3 is 2.36 bits per heavy atom. The minimum atomic E-state index is -4.41. The number of benzene rings is 1. The molecule has 3 N–H and O–H groups in total. The third-order valence-corrected chi connectivity index (χ3v) is 5.87. The van der Waals surface area contributed by atoms with Gasteiger partial charge < -0.3 is 16.0 Å². The van der Waals surface area contributed by atoms with Crippen LogP contribution in [0.2, 0.25) is 0 Å². The zero-order valence-electron chi connectivity index (χ0n) is 15.9. The summed E-state index contributed by atoms with van der Waals surface area (Å²) in [6, 6.07) is 4.15. The maximum Gasteiger partial charge on any atom is 0.416 e. The number of rotatable bonds is 6. The van der Waals surface area contributed by atoms with Gasteiger partial charge in [-0.25, -0.2) is 0 Å². The molecule has 1 aromatic rings. The SMILES string of the molecule is CN=C(NCCNC(=O)c1ccc(C(F)(F)F)cc1)NCC1(C)CCCS1.I. The predicted molar refractivity (Wildman–Crippen MR) is 119 cm³/mol. The van der Waals surface area contributed by atoms with Crippen LogP contribution >= 0.6 is 35.7 Å². The number of alkyl halides is 3. The van der Waals surface area contributed by atoms with E-state index >= 15 is 0 Å². The lowest BCUT2D eigenvalue weighted by molar-refractivity contribution is -0.137. The van der Waals surface area contributed by atoms with Crippen LogP contribution in [0.3, 0.4) is 0 Å². The molecular weight excluding hydrogens is 504 g/mol. The maximum absolute atomic E-state index is 12.5. The minimum absolute atomic E-state index is 0. The van der Waals surface area contributed by atoms with E-state index in [9.17, 15) is 18.0 Å². The average Bonchev–Trinajstić information content (AvgIpc) is 3.07. The Morgan fingerprint density at radius 1 is 1.18 bits per heavy atom. The minimum Gasteiger partial charge on any atom is -0.355 e. The normalized spacial score (nSPS) is 19.7. The van der Waals surface area contributed by atoms with Gasteiger partial charge in [0, 0.05) is 37.0 Å². The van der Waals surface area contributed by atoms with Crippen LogP contribution in [-0.4, -0.2) is 49.0 Å². The number of carbonyl (C=O) groups excluding carboxylic acids is 1. The molecule has 1 aliphatic heterocycles. The number of thioether (sulfide) groups is 1. The number of aliphatic imine (C=N–C) groups is 1. The third-order valence-electron chi connectivity index (χ3n) is 4.33. The van der Waals surface area contributed by atoms with E-state index in [1.807, 2.05) is 11.8 Å². The van der Waals surface area contributed by atoms with Gasteiger partial charge in [0.2, 0.25) is 0 Å². The number of halogens is 4. The highest BCUT2D eigenvalue weighted by Crippen LogP contribution is 2.36. The summed E-state index contributed by atoms with van der Waals surface area (Å²) >= 11 is 1.96. The molecule has 0 radical (unpaired) electrons. The lowest BCUT2D eigenvalue weighted by atomic mass is 10.1. The van der Waals surface area contributed by atoms with Crippen LogP contribution in [0.25, 0.3) is 0 Å². The molecule has 0 aromatic heterocycles. The molecule has 2 rings (SSSR count). The second-order valence-corrected chi connectivity index (χ2v) is 8.27. The molecule has 1 unspecified atom stereocenters. The third kappa shape index (κ3) is 7.69. The van der Waals surface area contributed by atoms with Crippen LogP contribution in [0.15, 0.2) is 29.3 Å². The Labute approximate surface area is 184 Å². The summed E-state index contributed by atoms with van der Waals surface area (Å²) in [6.07, 6.45) is -2.01. The Balaban J connectivity index is 0.00000392. The van der Waals surface area contributed by atoms with E-state index in [1.54, 1.807) is 7.05 Å². The first-order chi connectivity index (χ1) is 12.7. The second-order valence-electron chi connectivity index (χ2n) is 6.59. The summed E-state index contributed by atoms with van der Waals surface area (Å²) in [5, 5.41) is 9.08. The number of hydrogen-bond acceptors (Lipinski definition) is 3. The lowest BCUT2D eigenvalue weighted by Gasteiger charge is -2.24. The van der Waals surface area contributed by atoms with E-state index in [0.29, 0.717) is 19.0 Å². The van der Waals surface area contributed by atoms with Crippen LogP contribution < -0.4 is 16.0 Å². The monoisotopic (exact) mass is 530 g/mol. The number of amides is 1. The van der Waals surface area contributed by atoms with Crippen molar-refractivity contribution in [3.8, 4) is 0 Å². The molecule has 5 nitrogen and oxygen atoms in total. The molecular formula is C18H26F3IN4OS. The summed E-state index contributed by atoms with van der Waals surface area (Å²) in [4.78, 5) is 16.1. The van der Waals surface area contributed by atoms with E-state index < -0.39 is 17.6 Å². The van der Waals surface area contributed by atoms with Crippen LogP contribution in [0.5, 0.6) is 0 Å². The summed E-state index contributed by atoms with van der Waals surface area (Å²) in [5.41, 5.74) is -0.582. The highest BCUT2D eigenvalue weighted by atomic mass is 127. The van der Waals surface area contributed by atoms with Crippen molar-refractivity contribution in [1.82, 2.24) is 16.0 Å². The molecule has 1 heterocycles. The van der Waals surface area contributed by atoms with Crippen LogP contribution in [0, 0.1) is 0 Å². The molecule has 0 aliphatic carbocycles. The molecule has 1 saturated heterocycles. The van der Waals surface area contributed by atoms with Crippen molar-refractivity contribution >= 4 is 47.6 Å². The summed E-state index contributed by atoms with van der Waals surface area (Å²) in [5.74, 6) is 1.43. The van der Waals surface area contributed by atoms with Crippen LogP contribution in [-0.2, 0) is 6.18 Å². The second kappa shape index (κ2) is 11.1. The van der Waals surface area contributed by atoms with Gasteiger partial charge in [-0.2, -0.15) is 24.9 Å². The van der Waals surface area contributed by atoms with Gasteiger partial charge in [-0.05, 0) is 49.8 Å². The number of guanidine groups is 1. The highest BCUT2D eigenvalue weighted by molar-refractivity contribution is 14.0. The predicted octanol–water partition coefficient (Wildman–Crippen LogP) is 3.50. The van der Waals surface area contributed by atoms with Crippen molar-refractivity contribution in [2.24, 2.45) is 4.99 Å². The molecule has 1 aromatic carbocycles. The van der Waals surface area contributed by atoms with Gasteiger partial charge in [-0.3, -0.25) is 9.79 Å². The van der Waals surface area contributed by atoms with Crippen molar-refractivity contribution in [3.63, 3.8) is 0 Å². The molecule has 0 spiro atoms. The summed E-state index contributed by atoms with van der Waals surface area (Å²) < 4.78 is 37.8. The standard InChI is InChI=1S/C18H25F3N4OS.HI/c1-17(8-3-11-27-17)12-25-16(22-2)24-10-9-23-15(26)13-4-6-14(7-5-13)18(19,20)21;/h4-7H,3,8-12H2,1-2H3,(H,23,26)(H2,22,24,25);1H. The summed E-state index contributed by atoms with van der Waals surface area (Å²) in [7, 11) is 1.68. The molecule has 1 atom stereocenters. The van der Waals surface area contributed by atoms with Gasteiger partial charge >= 0.3 is 6.18 Å². The molecule has 28 heavy (non-hydrogen) atoms. The Hall–Kier alpha value is -1.17. The molecule has 158 valence electrons. The quantitative estimate of drug-likeness (QED) is 0.228. The Kier molecular flexibility index (Phi) is 9.88. The fourth-order valence-electron chi connectivity index (χ4n) is 2.74. The highest BCUT2D eigenvalue weighted by Gasteiger charge is 2.30. The van der Waals surface area contributed by atoms with E-state index in [2.05, 4.69) is 27.9 Å². The van der Waals surface area contributed by atoms with Crippen LogP contribution in [0.1, 0.15) is 35.7 Å². The lowest BCUT2D eigenvalue weighted by Crippen LogP contribution is -2.45. The van der Waals surface area contributed by atoms with Gasteiger partial charge in [-0.1, -0.05) is 0 Å². The molecule has 0 bridgehead atoms. The Morgan fingerprint density at radius 2 is 1.82 bits per heavy atom. The molecule has 1 amide bonds. The van der Waals surface area contributed by atoms with Gasteiger partial charge in [0.15, 0.2) is 5.96 Å². The largest absolute Gasteiger partial charge is 0.416 e. The topological polar surface area (TPSA) is 65.5 Å². The van der Waals surface area contributed by atoms with Gasteiger partial charge in [-0.15, -0.1) is 24.0 Å². The number of nitrogens with one attached hydrogen (secondary N) is 3. The first-order valence-electron chi connectivity index (χ1n) is 8.77. The van der Waals surface area contributed by atoms with E-state index in [-0.39, 0.29) is 34.3 Å². The molecule has 0 saturated carbocycles. The number of hydrogen-bond donors (Lipinski definition) is 3. The smallest absolute Gasteiger partial charge is 0.355 e.